The van der Waals surface area contributed by atoms with Crippen molar-refractivity contribution >= 4 is 5.69 Å². The van der Waals surface area contributed by atoms with Crippen LogP contribution in [0.5, 0.6) is 5.75 Å². The molecule has 1 aromatic carbocycles. The summed E-state index contributed by atoms with van der Waals surface area (Å²) in [4.78, 5) is 0. The van der Waals surface area contributed by atoms with Crippen molar-refractivity contribution in [3.8, 4) is 5.75 Å². The zero-order valence-corrected chi connectivity index (χ0v) is 7.56. The zero-order chi connectivity index (χ0) is 9.26. The van der Waals surface area contributed by atoms with E-state index < -0.39 is 0 Å². The van der Waals surface area contributed by atoms with Crippen molar-refractivity contribution in [3.63, 3.8) is 0 Å². The molecular weight excluding hydrogens is 169 g/mol. The van der Waals surface area contributed by atoms with Gasteiger partial charge in [-0.2, -0.15) is 0 Å². The number of methoxy groups -OCH3 is 1. The van der Waals surface area contributed by atoms with E-state index in [1.165, 1.54) is 6.07 Å². The molecule has 0 bridgehead atoms. The lowest BCUT2D eigenvalue weighted by molar-refractivity contribution is 0.407. The second-order valence-electron chi connectivity index (χ2n) is 3.13. The first-order valence-electron chi connectivity index (χ1n) is 4.42. The van der Waals surface area contributed by atoms with Crippen LogP contribution in [0.4, 0.5) is 10.1 Å². The van der Waals surface area contributed by atoms with Crippen LogP contribution in [-0.4, -0.2) is 13.7 Å². The summed E-state index contributed by atoms with van der Waals surface area (Å²) >= 11 is 0. The molecule has 0 atom stereocenters. The van der Waals surface area contributed by atoms with Gasteiger partial charge in [-0.25, -0.2) is 4.39 Å². The molecule has 0 unspecified atom stereocenters. The molecule has 1 N–H and O–H groups in total. The summed E-state index contributed by atoms with van der Waals surface area (Å²) < 4.78 is 18.4. The molecule has 1 aromatic rings. The SMILES string of the molecule is COc1ccc(F)c2c1CCCN2. The lowest BCUT2D eigenvalue weighted by Gasteiger charge is -2.20. The van der Waals surface area contributed by atoms with E-state index >= 15 is 0 Å². The minimum absolute atomic E-state index is 0.185. The molecule has 13 heavy (non-hydrogen) atoms. The summed E-state index contributed by atoms with van der Waals surface area (Å²) in [6, 6.07) is 3.12. The van der Waals surface area contributed by atoms with Crippen LogP contribution in [0.25, 0.3) is 0 Å². The summed E-state index contributed by atoms with van der Waals surface area (Å²) in [6.07, 6.45) is 1.93. The van der Waals surface area contributed by atoms with Crippen LogP contribution in [0.1, 0.15) is 12.0 Å². The van der Waals surface area contributed by atoms with Crippen LogP contribution >= 0.6 is 0 Å². The van der Waals surface area contributed by atoms with Crippen LogP contribution in [-0.2, 0) is 6.42 Å². The van der Waals surface area contributed by atoms with E-state index in [0.717, 1.165) is 30.7 Å². The summed E-state index contributed by atoms with van der Waals surface area (Å²) in [5.41, 5.74) is 1.58. The fourth-order valence-corrected chi connectivity index (χ4v) is 1.71. The Morgan fingerprint density at radius 3 is 3.08 bits per heavy atom. The molecule has 70 valence electrons. The fraction of sp³-hybridized carbons (Fsp3) is 0.400. The van der Waals surface area contributed by atoms with Gasteiger partial charge in [-0.15, -0.1) is 0 Å². The maximum Gasteiger partial charge on any atom is 0.146 e. The van der Waals surface area contributed by atoms with Crippen molar-refractivity contribution in [2.24, 2.45) is 0 Å². The van der Waals surface area contributed by atoms with Crippen molar-refractivity contribution in [3.05, 3.63) is 23.5 Å². The van der Waals surface area contributed by atoms with E-state index in [4.69, 9.17) is 4.74 Å². The minimum atomic E-state index is -0.185. The molecule has 1 aliphatic rings. The van der Waals surface area contributed by atoms with E-state index in [9.17, 15) is 4.39 Å². The molecular formula is C10H12FNO. The molecule has 0 aromatic heterocycles. The number of ether oxygens (including phenoxy) is 1. The third-order valence-corrected chi connectivity index (χ3v) is 2.34. The largest absolute Gasteiger partial charge is 0.496 e. The highest BCUT2D eigenvalue weighted by molar-refractivity contribution is 5.60. The Morgan fingerprint density at radius 2 is 2.31 bits per heavy atom. The van der Waals surface area contributed by atoms with Gasteiger partial charge in [0.2, 0.25) is 0 Å². The molecule has 0 amide bonds. The molecule has 0 radical (unpaired) electrons. The first-order chi connectivity index (χ1) is 6.33. The lowest BCUT2D eigenvalue weighted by atomic mass is 10.0. The Kier molecular flexibility index (Phi) is 2.08. The van der Waals surface area contributed by atoms with Gasteiger partial charge in [0.05, 0.1) is 12.8 Å². The third kappa shape index (κ3) is 1.34. The quantitative estimate of drug-likeness (QED) is 0.717. The standard InChI is InChI=1S/C10H12FNO/c1-13-9-5-4-8(11)10-7(9)3-2-6-12-10/h4-5,12H,2-3,6H2,1H3. The van der Waals surface area contributed by atoms with Crippen LogP contribution < -0.4 is 10.1 Å². The number of rotatable bonds is 1. The van der Waals surface area contributed by atoms with Gasteiger partial charge in [0.1, 0.15) is 11.6 Å². The van der Waals surface area contributed by atoms with Crippen LogP contribution in [0.2, 0.25) is 0 Å². The number of hydrogen-bond acceptors (Lipinski definition) is 2. The minimum Gasteiger partial charge on any atom is -0.496 e. The first kappa shape index (κ1) is 8.35. The van der Waals surface area contributed by atoms with Gasteiger partial charge in [0, 0.05) is 12.1 Å². The Balaban J connectivity index is 2.52. The highest BCUT2D eigenvalue weighted by atomic mass is 19.1. The van der Waals surface area contributed by atoms with Gasteiger partial charge in [-0.05, 0) is 25.0 Å². The highest BCUT2D eigenvalue weighted by Gasteiger charge is 2.16. The van der Waals surface area contributed by atoms with Gasteiger partial charge in [-0.1, -0.05) is 0 Å². The van der Waals surface area contributed by atoms with E-state index in [1.54, 1.807) is 13.2 Å². The van der Waals surface area contributed by atoms with Gasteiger partial charge < -0.3 is 10.1 Å². The third-order valence-electron chi connectivity index (χ3n) is 2.34. The summed E-state index contributed by atoms with van der Waals surface area (Å²) in [5, 5.41) is 3.05. The first-order valence-corrected chi connectivity index (χ1v) is 4.42. The maximum absolute atomic E-state index is 13.3. The summed E-state index contributed by atoms with van der Waals surface area (Å²) in [5.74, 6) is 0.596. The fourth-order valence-electron chi connectivity index (χ4n) is 1.71. The zero-order valence-electron chi connectivity index (χ0n) is 7.56. The Morgan fingerprint density at radius 1 is 1.46 bits per heavy atom. The molecule has 3 heteroatoms. The number of hydrogen-bond donors (Lipinski definition) is 1. The Labute approximate surface area is 76.7 Å². The average molecular weight is 181 g/mol. The number of fused-ring (bicyclic) bond motifs is 1. The number of halogens is 1. The van der Waals surface area contributed by atoms with Crippen molar-refractivity contribution in [2.45, 2.75) is 12.8 Å². The predicted octanol–water partition coefficient (Wildman–Crippen LogP) is 2.19. The van der Waals surface area contributed by atoms with Crippen molar-refractivity contribution < 1.29 is 9.13 Å². The van der Waals surface area contributed by atoms with Gasteiger partial charge >= 0.3 is 0 Å². The smallest absolute Gasteiger partial charge is 0.146 e. The molecule has 0 aliphatic carbocycles. The monoisotopic (exact) mass is 181 g/mol. The molecule has 2 nitrogen and oxygen atoms in total. The molecule has 0 saturated carbocycles. The van der Waals surface area contributed by atoms with Crippen molar-refractivity contribution in [1.29, 1.82) is 0 Å². The van der Waals surface area contributed by atoms with Crippen LogP contribution in [0.15, 0.2) is 12.1 Å². The summed E-state index contributed by atoms with van der Waals surface area (Å²) in [7, 11) is 1.61. The topological polar surface area (TPSA) is 21.3 Å². The normalized spacial score (nSPS) is 14.6. The second kappa shape index (κ2) is 3.24. The predicted molar refractivity (Wildman–Crippen MR) is 49.8 cm³/mol. The van der Waals surface area contributed by atoms with Gasteiger partial charge in [-0.3, -0.25) is 0 Å². The Hall–Kier alpha value is -1.25. The average Bonchev–Trinajstić information content (AvgIpc) is 2.19. The van der Waals surface area contributed by atoms with Crippen LogP contribution in [0, 0.1) is 5.82 Å². The van der Waals surface area contributed by atoms with Gasteiger partial charge in [0.25, 0.3) is 0 Å². The maximum atomic E-state index is 13.3. The van der Waals surface area contributed by atoms with Crippen LogP contribution in [0.3, 0.4) is 0 Å². The van der Waals surface area contributed by atoms with E-state index in [0.29, 0.717) is 5.69 Å². The number of benzene rings is 1. The van der Waals surface area contributed by atoms with Gasteiger partial charge in [0.15, 0.2) is 0 Å². The summed E-state index contributed by atoms with van der Waals surface area (Å²) in [6.45, 7) is 0.844. The van der Waals surface area contributed by atoms with Crippen molar-refractivity contribution in [1.82, 2.24) is 0 Å². The second-order valence-corrected chi connectivity index (χ2v) is 3.13. The Bertz CT molecular complexity index is 325. The molecule has 0 spiro atoms. The highest BCUT2D eigenvalue weighted by Crippen LogP contribution is 2.32. The molecule has 1 aliphatic heterocycles. The number of nitrogens with one attached hydrogen (secondary N) is 1. The lowest BCUT2D eigenvalue weighted by Crippen LogP contribution is -2.14. The van der Waals surface area contributed by atoms with E-state index in [1.807, 2.05) is 0 Å². The van der Waals surface area contributed by atoms with E-state index in [2.05, 4.69) is 5.32 Å². The van der Waals surface area contributed by atoms with E-state index in [-0.39, 0.29) is 5.82 Å². The van der Waals surface area contributed by atoms with Crippen molar-refractivity contribution in [2.75, 3.05) is 19.0 Å². The molecule has 1 heterocycles. The molecule has 2 rings (SSSR count). The molecule has 0 saturated heterocycles. The molecule has 0 fully saturated rings. The number of anilines is 1.